The SMILES string of the molecule is CNCC(Cc1ccccc1F)Cc1c(Cl)c(C)nn1C. The Morgan fingerprint density at radius 1 is 1.33 bits per heavy atom. The van der Waals surface area contributed by atoms with Gasteiger partial charge in [-0.25, -0.2) is 4.39 Å². The lowest BCUT2D eigenvalue weighted by Gasteiger charge is -2.17. The van der Waals surface area contributed by atoms with Crippen LogP contribution in [0.5, 0.6) is 0 Å². The number of aromatic nitrogens is 2. The van der Waals surface area contributed by atoms with Crippen molar-refractivity contribution in [3.63, 3.8) is 0 Å². The van der Waals surface area contributed by atoms with Crippen molar-refractivity contribution in [1.82, 2.24) is 15.1 Å². The third-order valence-corrected chi connectivity index (χ3v) is 4.19. The number of benzene rings is 1. The highest BCUT2D eigenvalue weighted by Gasteiger charge is 2.18. The molecule has 0 aliphatic heterocycles. The Morgan fingerprint density at radius 3 is 2.62 bits per heavy atom. The maximum Gasteiger partial charge on any atom is 0.126 e. The Labute approximate surface area is 130 Å². The second-order valence-corrected chi connectivity index (χ2v) is 5.77. The van der Waals surface area contributed by atoms with Crippen molar-refractivity contribution < 1.29 is 4.39 Å². The van der Waals surface area contributed by atoms with Crippen LogP contribution in [0.4, 0.5) is 4.39 Å². The van der Waals surface area contributed by atoms with Crippen LogP contribution in [0.25, 0.3) is 0 Å². The zero-order valence-electron chi connectivity index (χ0n) is 12.7. The molecule has 5 heteroatoms. The molecule has 1 unspecified atom stereocenters. The van der Waals surface area contributed by atoms with Crippen LogP contribution < -0.4 is 5.32 Å². The molecule has 0 radical (unpaired) electrons. The molecule has 1 N–H and O–H groups in total. The fourth-order valence-corrected chi connectivity index (χ4v) is 2.89. The van der Waals surface area contributed by atoms with Crippen LogP contribution in [0.2, 0.25) is 5.02 Å². The summed E-state index contributed by atoms with van der Waals surface area (Å²) < 4.78 is 15.6. The maximum atomic E-state index is 13.8. The average Bonchev–Trinajstić information content (AvgIpc) is 2.68. The van der Waals surface area contributed by atoms with Gasteiger partial charge in [-0.05, 0) is 50.9 Å². The molecule has 3 nitrogen and oxygen atoms in total. The van der Waals surface area contributed by atoms with E-state index in [-0.39, 0.29) is 11.7 Å². The van der Waals surface area contributed by atoms with E-state index in [2.05, 4.69) is 10.4 Å². The highest BCUT2D eigenvalue weighted by atomic mass is 35.5. The van der Waals surface area contributed by atoms with E-state index in [1.165, 1.54) is 6.07 Å². The zero-order valence-corrected chi connectivity index (χ0v) is 13.4. The van der Waals surface area contributed by atoms with Gasteiger partial charge in [0.2, 0.25) is 0 Å². The largest absolute Gasteiger partial charge is 0.319 e. The quantitative estimate of drug-likeness (QED) is 0.888. The molecule has 2 aromatic rings. The van der Waals surface area contributed by atoms with Gasteiger partial charge in [0, 0.05) is 7.05 Å². The minimum atomic E-state index is -0.147. The molecule has 0 bridgehead atoms. The average molecular weight is 310 g/mol. The lowest BCUT2D eigenvalue weighted by molar-refractivity contribution is 0.466. The third-order valence-electron chi connectivity index (χ3n) is 3.70. The second-order valence-electron chi connectivity index (χ2n) is 5.39. The highest BCUT2D eigenvalue weighted by Crippen LogP contribution is 2.24. The molecule has 0 aliphatic carbocycles. The summed E-state index contributed by atoms with van der Waals surface area (Å²) in [6.07, 6.45) is 1.44. The molecule has 114 valence electrons. The molecule has 0 saturated heterocycles. The minimum absolute atomic E-state index is 0.147. The van der Waals surface area contributed by atoms with Gasteiger partial charge in [-0.3, -0.25) is 4.68 Å². The first-order valence-corrected chi connectivity index (χ1v) is 7.46. The first-order valence-electron chi connectivity index (χ1n) is 7.09. The smallest absolute Gasteiger partial charge is 0.126 e. The summed E-state index contributed by atoms with van der Waals surface area (Å²) in [5, 5.41) is 8.23. The van der Waals surface area contributed by atoms with Crippen LogP contribution in [0.1, 0.15) is 17.0 Å². The zero-order chi connectivity index (χ0) is 15.4. The summed E-state index contributed by atoms with van der Waals surface area (Å²) >= 11 is 6.31. The molecular formula is C16H21ClFN3. The molecule has 0 spiro atoms. The lowest BCUT2D eigenvalue weighted by Crippen LogP contribution is -2.24. The number of nitrogens with zero attached hydrogens (tertiary/aromatic N) is 2. The van der Waals surface area contributed by atoms with Crippen molar-refractivity contribution in [2.24, 2.45) is 13.0 Å². The van der Waals surface area contributed by atoms with Crippen molar-refractivity contribution in [2.75, 3.05) is 13.6 Å². The molecule has 2 rings (SSSR count). The molecule has 1 aromatic carbocycles. The second kappa shape index (κ2) is 7.05. The van der Waals surface area contributed by atoms with Gasteiger partial charge in [0.15, 0.2) is 0 Å². The summed E-state index contributed by atoms with van der Waals surface area (Å²) in [4.78, 5) is 0. The fraction of sp³-hybridized carbons (Fsp3) is 0.438. The predicted molar refractivity (Wildman–Crippen MR) is 84.2 cm³/mol. The first-order chi connectivity index (χ1) is 10.0. The van der Waals surface area contributed by atoms with Gasteiger partial charge in [0.05, 0.1) is 16.4 Å². The molecule has 0 fully saturated rings. The minimum Gasteiger partial charge on any atom is -0.319 e. The van der Waals surface area contributed by atoms with Gasteiger partial charge >= 0.3 is 0 Å². The summed E-state index contributed by atoms with van der Waals surface area (Å²) in [5.74, 6) is 0.116. The Hall–Kier alpha value is -1.39. The summed E-state index contributed by atoms with van der Waals surface area (Å²) in [6, 6.07) is 6.93. The van der Waals surface area contributed by atoms with E-state index in [4.69, 9.17) is 11.6 Å². The van der Waals surface area contributed by atoms with Crippen LogP contribution in [-0.4, -0.2) is 23.4 Å². The summed E-state index contributed by atoms with van der Waals surface area (Å²) in [6.45, 7) is 2.70. The van der Waals surface area contributed by atoms with Crippen molar-refractivity contribution in [3.8, 4) is 0 Å². The van der Waals surface area contributed by atoms with Gasteiger partial charge < -0.3 is 5.32 Å². The molecule has 21 heavy (non-hydrogen) atoms. The summed E-state index contributed by atoms with van der Waals surface area (Å²) in [7, 11) is 3.80. The van der Waals surface area contributed by atoms with Crippen LogP contribution in [0.3, 0.4) is 0 Å². The van der Waals surface area contributed by atoms with E-state index in [0.717, 1.165) is 29.9 Å². The molecular weight excluding hydrogens is 289 g/mol. The Kier molecular flexibility index (Phi) is 5.37. The number of aryl methyl sites for hydroxylation is 2. The van der Waals surface area contributed by atoms with Crippen LogP contribution in [-0.2, 0) is 19.9 Å². The fourth-order valence-electron chi connectivity index (χ4n) is 2.66. The van der Waals surface area contributed by atoms with E-state index < -0.39 is 0 Å². The van der Waals surface area contributed by atoms with Crippen molar-refractivity contribution in [1.29, 1.82) is 0 Å². The lowest BCUT2D eigenvalue weighted by atomic mass is 9.94. The van der Waals surface area contributed by atoms with Gasteiger partial charge in [0.25, 0.3) is 0 Å². The van der Waals surface area contributed by atoms with E-state index >= 15 is 0 Å². The van der Waals surface area contributed by atoms with Gasteiger partial charge in [-0.1, -0.05) is 29.8 Å². The Bertz CT molecular complexity index is 610. The maximum absolute atomic E-state index is 13.8. The Balaban J connectivity index is 2.18. The van der Waals surface area contributed by atoms with Crippen LogP contribution in [0, 0.1) is 18.7 Å². The van der Waals surface area contributed by atoms with Crippen molar-refractivity contribution in [3.05, 3.63) is 52.1 Å². The highest BCUT2D eigenvalue weighted by molar-refractivity contribution is 6.31. The number of nitrogens with one attached hydrogen (secondary N) is 1. The summed E-state index contributed by atoms with van der Waals surface area (Å²) in [5.41, 5.74) is 2.58. The van der Waals surface area contributed by atoms with Gasteiger partial charge in [0.1, 0.15) is 5.82 Å². The van der Waals surface area contributed by atoms with E-state index in [1.54, 1.807) is 6.07 Å². The number of hydrogen-bond donors (Lipinski definition) is 1. The van der Waals surface area contributed by atoms with Crippen molar-refractivity contribution in [2.45, 2.75) is 19.8 Å². The third kappa shape index (κ3) is 3.83. The molecule has 1 heterocycles. The molecule has 1 atom stereocenters. The Morgan fingerprint density at radius 2 is 2.05 bits per heavy atom. The number of hydrogen-bond acceptors (Lipinski definition) is 2. The first kappa shape index (κ1) is 16.0. The van der Waals surface area contributed by atoms with E-state index in [9.17, 15) is 4.39 Å². The van der Waals surface area contributed by atoms with Crippen LogP contribution in [0.15, 0.2) is 24.3 Å². The van der Waals surface area contributed by atoms with E-state index in [0.29, 0.717) is 11.4 Å². The number of halogens is 2. The molecule has 0 aliphatic rings. The van der Waals surface area contributed by atoms with E-state index in [1.807, 2.05) is 37.8 Å². The number of rotatable bonds is 6. The normalized spacial score (nSPS) is 12.6. The monoisotopic (exact) mass is 309 g/mol. The van der Waals surface area contributed by atoms with Crippen molar-refractivity contribution >= 4 is 11.6 Å². The van der Waals surface area contributed by atoms with Gasteiger partial charge in [-0.15, -0.1) is 0 Å². The molecule has 1 aromatic heterocycles. The topological polar surface area (TPSA) is 29.9 Å². The predicted octanol–water partition coefficient (Wildman–Crippen LogP) is 3.14. The standard InChI is InChI=1S/C16H21ClFN3/c1-11-16(17)15(21(3)20-11)9-12(10-19-2)8-13-6-4-5-7-14(13)18/h4-7,12,19H,8-10H2,1-3H3. The molecule has 0 amide bonds. The molecule has 0 saturated carbocycles. The van der Waals surface area contributed by atoms with Gasteiger partial charge in [-0.2, -0.15) is 5.10 Å². The van der Waals surface area contributed by atoms with Crippen LogP contribution >= 0.6 is 11.6 Å².